The molecule has 0 aliphatic heterocycles. The molecule has 11 heteroatoms. The standard InChI is InChI=1S/C30H33N5O5S/c1-30(19-22-20-32-26-12-6-5-11-25(22)26,34-41(39,40)24-16-14-23(15-17-24)35(37)38)29(36)33-28(21-9-3-2-4-10-21)27-13-7-8-18-31-27/h5-8,11-18,20-21,28,32,34H,2-4,9-10,19H2,1H3,(H,33,36). The third-order valence-electron chi connectivity index (χ3n) is 7.85. The molecule has 1 aliphatic carbocycles. The van der Waals surface area contributed by atoms with Gasteiger partial charge in [0.15, 0.2) is 0 Å². The van der Waals surface area contributed by atoms with Crippen LogP contribution in [0.3, 0.4) is 0 Å². The summed E-state index contributed by atoms with van der Waals surface area (Å²) in [5.74, 6) is -0.305. The van der Waals surface area contributed by atoms with Crippen LogP contribution in [0.15, 0.2) is 84.0 Å². The molecule has 2 aromatic heterocycles. The zero-order valence-electron chi connectivity index (χ0n) is 22.7. The Morgan fingerprint density at radius 2 is 1.78 bits per heavy atom. The number of aromatic amines is 1. The molecule has 0 saturated heterocycles. The van der Waals surface area contributed by atoms with Gasteiger partial charge in [-0.25, -0.2) is 8.42 Å². The predicted octanol–water partition coefficient (Wildman–Crippen LogP) is 5.19. The van der Waals surface area contributed by atoms with Crippen molar-refractivity contribution in [3.05, 3.63) is 100 Å². The summed E-state index contributed by atoms with van der Waals surface area (Å²) in [7, 11) is -4.25. The van der Waals surface area contributed by atoms with Crippen LogP contribution in [0.1, 0.15) is 56.3 Å². The van der Waals surface area contributed by atoms with Gasteiger partial charge in [0.2, 0.25) is 15.9 Å². The van der Waals surface area contributed by atoms with Crippen LogP contribution < -0.4 is 10.0 Å². The van der Waals surface area contributed by atoms with E-state index in [2.05, 4.69) is 20.0 Å². The van der Waals surface area contributed by atoms with Crippen molar-refractivity contribution in [2.24, 2.45) is 5.92 Å². The van der Waals surface area contributed by atoms with Gasteiger partial charge in [0, 0.05) is 41.9 Å². The smallest absolute Gasteiger partial charge is 0.269 e. The highest BCUT2D eigenvalue weighted by atomic mass is 32.2. The molecular formula is C30H33N5O5S. The number of para-hydroxylation sites is 1. The molecule has 10 nitrogen and oxygen atoms in total. The number of pyridine rings is 1. The third-order valence-corrected chi connectivity index (χ3v) is 9.46. The van der Waals surface area contributed by atoms with Crippen LogP contribution in [0.4, 0.5) is 5.69 Å². The second kappa shape index (κ2) is 11.8. The molecule has 2 unspecified atom stereocenters. The van der Waals surface area contributed by atoms with E-state index in [9.17, 15) is 23.3 Å². The Hall–Kier alpha value is -4.09. The number of hydrogen-bond donors (Lipinski definition) is 3. The summed E-state index contributed by atoms with van der Waals surface area (Å²) in [5.41, 5.74) is 0.552. The van der Waals surface area contributed by atoms with Crippen molar-refractivity contribution in [3.8, 4) is 0 Å². The van der Waals surface area contributed by atoms with Crippen LogP contribution in [0.2, 0.25) is 0 Å². The van der Waals surface area contributed by atoms with Crippen molar-refractivity contribution in [2.45, 2.75) is 61.9 Å². The molecule has 4 aromatic rings. The number of nitro groups is 1. The summed E-state index contributed by atoms with van der Waals surface area (Å²) in [4.78, 5) is 32.3. The maximum absolute atomic E-state index is 14.2. The summed E-state index contributed by atoms with van der Waals surface area (Å²) in [6, 6.07) is 17.4. The SMILES string of the molecule is CC(Cc1c[nH]c2ccccc12)(NS(=O)(=O)c1ccc([N+](=O)[O-])cc1)C(=O)NC(c1ccccn1)C1CCCCC1. The molecule has 1 amide bonds. The number of nitrogens with zero attached hydrogens (tertiary/aromatic N) is 2. The van der Waals surface area contributed by atoms with Gasteiger partial charge in [-0.3, -0.25) is 19.9 Å². The molecule has 1 saturated carbocycles. The zero-order valence-corrected chi connectivity index (χ0v) is 23.6. The average Bonchev–Trinajstić information content (AvgIpc) is 3.38. The number of fused-ring (bicyclic) bond motifs is 1. The van der Waals surface area contributed by atoms with Crippen LogP contribution in [0.25, 0.3) is 10.9 Å². The first-order chi connectivity index (χ1) is 19.7. The Morgan fingerprint density at radius 1 is 1.07 bits per heavy atom. The van der Waals surface area contributed by atoms with Gasteiger partial charge in [0.25, 0.3) is 5.69 Å². The second-order valence-electron chi connectivity index (χ2n) is 10.8. The van der Waals surface area contributed by atoms with E-state index < -0.39 is 26.4 Å². The van der Waals surface area contributed by atoms with Gasteiger partial charge in [-0.05, 0) is 61.6 Å². The first-order valence-electron chi connectivity index (χ1n) is 13.7. The Morgan fingerprint density at radius 3 is 2.46 bits per heavy atom. The highest BCUT2D eigenvalue weighted by molar-refractivity contribution is 7.89. The van der Waals surface area contributed by atoms with Crippen LogP contribution in [-0.2, 0) is 21.2 Å². The Kier molecular flexibility index (Phi) is 8.18. The number of nitro benzene ring substituents is 1. The fourth-order valence-corrected chi connectivity index (χ4v) is 7.06. The van der Waals surface area contributed by atoms with Gasteiger partial charge >= 0.3 is 0 Å². The molecule has 1 aliphatic rings. The molecule has 0 radical (unpaired) electrons. The molecule has 0 bridgehead atoms. The minimum atomic E-state index is -4.25. The molecular weight excluding hydrogens is 542 g/mol. The topological polar surface area (TPSA) is 147 Å². The number of sulfonamides is 1. The van der Waals surface area contributed by atoms with E-state index in [1.807, 2.05) is 42.5 Å². The van der Waals surface area contributed by atoms with Crippen LogP contribution in [-0.4, -0.2) is 34.8 Å². The second-order valence-corrected chi connectivity index (χ2v) is 12.5. The lowest BCUT2D eigenvalue weighted by Crippen LogP contribution is -2.59. The van der Waals surface area contributed by atoms with Gasteiger partial charge in [-0.1, -0.05) is 43.5 Å². The van der Waals surface area contributed by atoms with Gasteiger partial charge < -0.3 is 10.3 Å². The quantitative estimate of drug-likeness (QED) is 0.175. The van der Waals surface area contributed by atoms with Crippen molar-refractivity contribution in [1.82, 2.24) is 20.0 Å². The zero-order chi connectivity index (χ0) is 29.0. The van der Waals surface area contributed by atoms with Gasteiger partial charge in [-0.2, -0.15) is 4.72 Å². The van der Waals surface area contributed by atoms with E-state index in [0.717, 1.165) is 66.4 Å². The summed E-state index contributed by atoms with van der Waals surface area (Å²) >= 11 is 0. The number of non-ortho nitro benzene ring substituents is 1. The highest BCUT2D eigenvalue weighted by Crippen LogP contribution is 2.35. The summed E-state index contributed by atoms with van der Waals surface area (Å²) in [5, 5.41) is 15.2. The molecule has 41 heavy (non-hydrogen) atoms. The third kappa shape index (κ3) is 6.31. The minimum Gasteiger partial charge on any atom is -0.361 e. The molecule has 2 aromatic carbocycles. The van der Waals surface area contributed by atoms with Gasteiger partial charge in [-0.15, -0.1) is 0 Å². The first-order valence-corrected chi connectivity index (χ1v) is 15.2. The summed E-state index contributed by atoms with van der Waals surface area (Å²) in [6.07, 6.45) is 8.69. The Balaban J connectivity index is 1.51. The van der Waals surface area contributed by atoms with Crippen LogP contribution in [0.5, 0.6) is 0 Å². The molecule has 214 valence electrons. The first kappa shape index (κ1) is 28.4. The number of carbonyl (C=O) groups is 1. The number of amides is 1. The largest absolute Gasteiger partial charge is 0.361 e. The normalized spacial score (nSPS) is 16.6. The predicted molar refractivity (Wildman–Crippen MR) is 156 cm³/mol. The Bertz CT molecular complexity index is 1630. The lowest BCUT2D eigenvalue weighted by atomic mass is 9.82. The van der Waals surface area contributed by atoms with Gasteiger partial charge in [0.05, 0.1) is 21.6 Å². The number of benzene rings is 2. The van der Waals surface area contributed by atoms with Crippen LogP contribution >= 0.6 is 0 Å². The maximum Gasteiger partial charge on any atom is 0.269 e. The van der Waals surface area contributed by atoms with Crippen molar-refractivity contribution < 1.29 is 18.1 Å². The molecule has 2 atom stereocenters. The van der Waals surface area contributed by atoms with E-state index >= 15 is 0 Å². The van der Waals surface area contributed by atoms with E-state index in [1.54, 1.807) is 19.3 Å². The van der Waals surface area contributed by atoms with E-state index in [0.29, 0.717) is 0 Å². The van der Waals surface area contributed by atoms with Crippen molar-refractivity contribution in [2.75, 3.05) is 0 Å². The van der Waals surface area contributed by atoms with Crippen molar-refractivity contribution >= 4 is 32.5 Å². The highest BCUT2D eigenvalue weighted by Gasteiger charge is 2.41. The fraction of sp³-hybridized carbons (Fsp3) is 0.333. The number of rotatable bonds is 10. The maximum atomic E-state index is 14.2. The lowest BCUT2D eigenvalue weighted by molar-refractivity contribution is -0.384. The Labute approximate surface area is 238 Å². The van der Waals surface area contributed by atoms with Crippen LogP contribution in [0, 0.1) is 16.0 Å². The van der Waals surface area contributed by atoms with Gasteiger partial charge in [0.1, 0.15) is 5.54 Å². The number of hydrogen-bond acceptors (Lipinski definition) is 6. The monoisotopic (exact) mass is 575 g/mol. The molecule has 2 heterocycles. The van der Waals surface area contributed by atoms with E-state index in [-0.39, 0.29) is 29.0 Å². The average molecular weight is 576 g/mol. The van der Waals surface area contributed by atoms with Crippen molar-refractivity contribution in [3.63, 3.8) is 0 Å². The summed E-state index contributed by atoms with van der Waals surface area (Å²) < 4.78 is 29.9. The van der Waals surface area contributed by atoms with E-state index in [4.69, 9.17) is 0 Å². The summed E-state index contributed by atoms with van der Waals surface area (Å²) in [6.45, 7) is 1.57. The molecule has 1 fully saturated rings. The number of carbonyl (C=O) groups excluding carboxylic acids is 1. The minimum absolute atomic E-state index is 0.0641. The number of aromatic nitrogens is 2. The number of nitrogens with one attached hydrogen (secondary N) is 3. The number of H-pyrrole nitrogens is 1. The molecule has 5 rings (SSSR count). The fourth-order valence-electron chi connectivity index (χ4n) is 5.69. The lowest BCUT2D eigenvalue weighted by Gasteiger charge is -2.35. The molecule has 3 N–H and O–H groups in total. The van der Waals surface area contributed by atoms with E-state index in [1.165, 1.54) is 12.1 Å². The molecule has 0 spiro atoms. The van der Waals surface area contributed by atoms with Crippen molar-refractivity contribution in [1.29, 1.82) is 0 Å².